The van der Waals surface area contributed by atoms with Gasteiger partial charge in [-0.3, -0.25) is 0 Å². The molecule has 5 rings (SSSR count). The smallest absolute Gasteiger partial charge is 0.136 e. The molecule has 0 N–H and O–H groups in total. The molecular formula is C17H23ClN2. The topological polar surface area (TPSA) is 25.8 Å². The molecule has 4 saturated carbocycles. The highest BCUT2D eigenvalue weighted by Crippen LogP contribution is 2.60. The highest BCUT2D eigenvalue weighted by Gasteiger charge is 2.53. The Balaban J connectivity index is 1.73. The van der Waals surface area contributed by atoms with Gasteiger partial charge in [-0.25, -0.2) is 9.97 Å². The summed E-state index contributed by atoms with van der Waals surface area (Å²) in [5.41, 5.74) is 1.40. The summed E-state index contributed by atoms with van der Waals surface area (Å²) < 4.78 is 0. The molecule has 20 heavy (non-hydrogen) atoms. The Morgan fingerprint density at radius 3 is 2.25 bits per heavy atom. The van der Waals surface area contributed by atoms with Gasteiger partial charge in [0.25, 0.3) is 0 Å². The molecule has 0 atom stereocenters. The lowest BCUT2D eigenvalue weighted by Crippen LogP contribution is -2.49. The molecule has 4 fully saturated rings. The minimum absolute atomic E-state index is 0.266. The maximum atomic E-state index is 6.27. The van der Waals surface area contributed by atoms with Gasteiger partial charge in [-0.2, -0.15) is 0 Å². The van der Waals surface area contributed by atoms with Gasteiger partial charge in [0.2, 0.25) is 0 Å². The number of rotatable bonds is 3. The van der Waals surface area contributed by atoms with Crippen molar-refractivity contribution in [1.29, 1.82) is 0 Å². The number of hydrogen-bond acceptors (Lipinski definition) is 2. The van der Waals surface area contributed by atoms with Crippen LogP contribution in [-0.2, 0) is 11.8 Å². The number of hydrogen-bond donors (Lipinski definition) is 0. The van der Waals surface area contributed by atoms with Crippen molar-refractivity contribution in [3.05, 3.63) is 22.7 Å². The molecule has 0 aliphatic heterocycles. The van der Waals surface area contributed by atoms with Gasteiger partial charge in [0.1, 0.15) is 11.0 Å². The van der Waals surface area contributed by atoms with E-state index in [4.69, 9.17) is 16.6 Å². The van der Waals surface area contributed by atoms with Crippen LogP contribution in [0.1, 0.15) is 63.4 Å². The molecule has 4 bridgehead atoms. The lowest BCUT2D eigenvalue weighted by molar-refractivity contribution is -0.00949. The highest BCUT2D eigenvalue weighted by molar-refractivity contribution is 6.29. The van der Waals surface area contributed by atoms with E-state index in [1.807, 2.05) is 6.07 Å². The monoisotopic (exact) mass is 290 g/mol. The Kier molecular flexibility index (Phi) is 3.06. The second-order valence-corrected chi connectivity index (χ2v) is 7.84. The van der Waals surface area contributed by atoms with Crippen LogP contribution in [0.15, 0.2) is 6.07 Å². The van der Waals surface area contributed by atoms with Crippen molar-refractivity contribution in [3.63, 3.8) is 0 Å². The van der Waals surface area contributed by atoms with Crippen molar-refractivity contribution in [1.82, 2.24) is 9.97 Å². The van der Waals surface area contributed by atoms with Crippen LogP contribution in [0, 0.1) is 17.8 Å². The summed E-state index contributed by atoms with van der Waals surface area (Å²) in [6.45, 7) is 2.19. The first kappa shape index (κ1) is 13.1. The first-order valence-corrected chi connectivity index (χ1v) is 8.58. The summed E-state index contributed by atoms with van der Waals surface area (Å²) in [5.74, 6) is 3.86. The van der Waals surface area contributed by atoms with Crippen LogP contribution < -0.4 is 0 Å². The third kappa shape index (κ3) is 2.07. The Morgan fingerprint density at radius 1 is 1.10 bits per heavy atom. The van der Waals surface area contributed by atoms with E-state index >= 15 is 0 Å². The maximum absolute atomic E-state index is 6.27. The molecule has 1 heterocycles. The molecule has 0 unspecified atom stereocenters. The molecule has 2 nitrogen and oxygen atoms in total. The number of halogens is 1. The summed E-state index contributed by atoms with van der Waals surface area (Å²) in [6.07, 6.45) is 10.4. The van der Waals surface area contributed by atoms with Crippen molar-refractivity contribution in [2.24, 2.45) is 17.8 Å². The first-order valence-electron chi connectivity index (χ1n) is 8.21. The zero-order valence-electron chi connectivity index (χ0n) is 12.2. The predicted molar refractivity (Wildman–Crippen MR) is 80.9 cm³/mol. The van der Waals surface area contributed by atoms with E-state index in [2.05, 4.69) is 11.9 Å². The lowest BCUT2D eigenvalue weighted by atomic mass is 9.49. The van der Waals surface area contributed by atoms with Gasteiger partial charge in [-0.05, 0) is 68.8 Å². The third-order valence-corrected chi connectivity index (χ3v) is 5.96. The quantitative estimate of drug-likeness (QED) is 0.763. The summed E-state index contributed by atoms with van der Waals surface area (Å²) in [6, 6.07) is 1.95. The minimum Gasteiger partial charge on any atom is -0.237 e. The van der Waals surface area contributed by atoms with Crippen LogP contribution in [0.3, 0.4) is 0 Å². The van der Waals surface area contributed by atoms with E-state index in [-0.39, 0.29) is 5.41 Å². The Bertz CT molecular complexity index is 490. The van der Waals surface area contributed by atoms with E-state index in [9.17, 15) is 0 Å². The van der Waals surface area contributed by atoms with Crippen LogP contribution in [0.25, 0.3) is 0 Å². The Hall–Kier alpha value is -0.630. The number of aromatic nitrogens is 2. The van der Waals surface area contributed by atoms with Crippen molar-refractivity contribution < 1.29 is 0 Å². The van der Waals surface area contributed by atoms with Crippen LogP contribution in [0.5, 0.6) is 0 Å². The zero-order chi connectivity index (χ0) is 13.7. The van der Waals surface area contributed by atoms with E-state index in [1.165, 1.54) is 38.5 Å². The molecule has 0 amide bonds. The molecule has 4 aliphatic carbocycles. The molecular weight excluding hydrogens is 268 g/mol. The molecule has 0 aromatic carbocycles. The van der Waals surface area contributed by atoms with Crippen LogP contribution in [0.2, 0.25) is 5.15 Å². The Morgan fingerprint density at radius 2 is 1.70 bits per heavy atom. The molecule has 4 aliphatic rings. The van der Waals surface area contributed by atoms with Gasteiger partial charge >= 0.3 is 0 Å². The fourth-order valence-corrected chi connectivity index (χ4v) is 5.68. The van der Waals surface area contributed by atoms with Gasteiger partial charge in [0.15, 0.2) is 0 Å². The zero-order valence-corrected chi connectivity index (χ0v) is 13.0. The van der Waals surface area contributed by atoms with E-state index < -0.39 is 0 Å². The van der Waals surface area contributed by atoms with Crippen LogP contribution in [-0.4, -0.2) is 9.97 Å². The normalized spacial score (nSPS) is 38.4. The SMILES string of the molecule is CCCc1cc(Cl)nc(C23CC4CC(CC(C4)C2)C3)n1. The number of aryl methyl sites for hydroxylation is 1. The van der Waals surface area contributed by atoms with E-state index in [0.29, 0.717) is 5.15 Å². The molecule has 0 radical (unpaired) electrons. The molecule has 1 aromatic heterocycles. The van der Waals surface area contributed by atoms with Crippen molar-refractivity contribution in [2.45, 2.75) is 63.7 Å². The van der Waals surface area contributed by atoms with Gasteiger partial charge in [-0.1, -0.05) is 24.9 Å². The average molecular weight is 291 g/mol. The molecule has 1 aromatic rings. The molecule has 0 saturated heterocycles. The van der Waals surface area contributed by atoms with E-state index in [1.54, 1.807) is 0 Å². The van der Waals surface area contributed by atoms with Crippen LogP contribution >= 0.6 is 11.6 Å². The van der Waals surface area contributed by atoms with Crippen molar-refractivity contribution in [3.8, 4) is 0 Å². The van der Waals surface area contributed by atoms with Gasteiger partial charge < -0.3 is 0 Å². The lowest BCUT2D eigenvalue weighted by Gasteiger charge is -2.56. The predicted octanol–water partition coefficient (Wildman–Crippen LogP) is 4.55. The molecule has 3 heteroatoms. The standard InChI is InChI=1S/C17H23ClN2/c1-2-3-14-7-15(18)20-16(19-14)17-8-11-4-12(9-17)6-13(5-11)10-17/h7,11-13H,2-6,8-10H2,1H3. The largest absolute Gasteiger partial charge is 0.237 e. The minimum atomic E-state index is 0.266. The van der Waals surface area contributed by atoms with Gasteiger partial charge in [0, 0.05) is 11.1 Å². The second-order valence-electron chi connectivity index (χ2n) is 7.45. The van der Waals surface area contributed by atoms with Crippen molar-refractivity contribution >= 4 is 11.6 Å². The summed E-state index contributed by atoms with van der Waals surface area (Å²) in [7, 11) is 0. The number of nitrogens with zero attached hydrogens (tertiary/aromatic N) is 2. The van der Waals surface area contributed by atoms with Gasteiger partial charge in [0.05, 0.1) is 0 Å². The summed E-state index contributed by atoms with van der Waals surface area (Å²) in [5, 5.41) is 0.647. The molecule has 0 spiro atoms. The maximum Gasteiger partial charge on any atom is 0.136 e. The summed E-state index contributed by atoms with van der Waals surface area (Å²) in [4.78, 5) is 9.58. The fourth-order valence-electron chi connectivity index (χ4n) is 5.47. The fraction of sp³-hybridized carbons (Fsp3) is 0.765. The Labute approximate surface area is 126 Å². The highest BCUT2D eigenvalue weighted by atomic mass is 35.5. The second kappa shape index (κ2) is 4.69. The summed E-state index contributed by atoms with van der Waals surface area (Å²) >= 11 is 6.27. The molecule has 108 valence electrons. The third-order valence-electron chi connectivity index (χ3n) is 5.77. The van der Waals surface area contributed by atoms with Crippen molar-refractivity contribution in [2.75, 3.05) is 0 Å². The van der Waals surface area contributed by atoms with Gasteiger partial charge in [-0.15, -0.1) is 0 Å². The van der Waals surface area contributed by atoms with Crippen LogP contribution in [0.4, 0.5) is 0 Å². The average Bonchev–Trinajstić information content (AvgIpc) is 2.36. The van der Waals surface area contributed by atoms with E-state index in [0.717, 1.165) is 42.1 Å². The first-order chi connectivity index (χ1) is 9.67.